The Balaban J connectivity index is 1.97. The molecule has 100 valence electrons. The van der Waals surface area contributed by atoms with Crippen LogP contribution in [0.15, 0.2) is 29.2 Å². The molecule has 0 saturated carbocycles. The van der Waals surface area contributed by atoms with E-state index in [2.05, 4.69) is 11.4 Å². The van der Waals surface area contributed by atoms with Gasteiger partial charge in [-0.3, -0.25) is 0 Å². The van der Waals surface area contributed by atoms with Crippen molar-refractivity contribution in [3.8, 4) is 0 Å². The number of nitrogens with one attached hydrogen (secondary N) is 1. The number of benzene rings is 1. The average Bonchev–Trinajstić information content (AvgIpc) is 2.39. The molecule has 1 aliphatic rings. The Kier molecular flexibility index (Phi) is 5.45. The minimum atomic E-state index is -2.24. The van der Waals surface area contributed by atoms with Gasteiger partial charge in [0, 0.05) is 4.90 Å². The zero-order chi connectivity index (χ0) is 12.8. The van der Waals surface area contributed by atoms with Crippen molar-refractivity contribution in [1.29, 1.82) is 0 Å². The highest BCUT2D eigenvalue weighted by molar-refractivity contribution is 7.99. The quantitative estimate of drug-likeness (QED) is 0.821. The van der Waals surface area contributed by atoms with Crippen LogP contribution in [0.4, 0.5) is 8.78 Å². The summed E-state index contributed by atoms with van der Waals surface area (Å²) in [5.74, 6) is 0.534. The predicted molar refractivity (Wildman–Crippen MR) is 72.5 cm³/mol. The van der Waals surface area contributed by atoms with E-state index in [1.54, 1.807) is 0 Å². The Morgan fingerprint density at radius 1 is 1.33 bits per heavy atom. The molecule has 1 atom stereocenters. The molecule has 1 aliphatic heterocycles. The third-order valence-electron chi connectivity index (χ3n) is 3.24. The van der Waals surface area contributed by atoms with Crippen LogP contribution >= 0.6 is 11.8 Å². The van der Waals surface area contributed by atoms with E-state index in [0.29, 0.717) is 5.92 Å². The van der Waals surface area contributed by atoms with Gasteiger partial charge in [0.25, 0.3) is 0 Å². The van der Waals surface area contributed by atoms with Gasteiger partial charge in [0.05, 0.1) is 5.75 Å². The van der Waals surface area contributed by atoms with Gasteiger partial charge in [-0.05, 0) is 49.9 Å². The van der Waals surface area contributed by atoms with Gasteiger partial charge in [0.2, 0.25) is 6.43 Å². The van der Waals surface area contributed by atoms with Gasteiger partial charge >= 0.3 is 0 Å². The molecule has 1 aromatic rings. The second-order valence-corrected chi connectivity index (χ2v) is 5.79. The third-order valence-corrected chi connectivity index (χ3v) is 4.37. The van der Waals surface area contributed by atoms with Crippen LogP contribution < -0.4 is 5.32 Å². The van der Waals surface area contributed by atoms with Crippen molar-refractivity contribution in [3.05, 3.63) is 29.8 Å². The summed E-state index contributed by atoms with van der Waals surface area (Å²) in [4.78, 5) is 1.02. The lowest BCUT2D eigenvalue weighted by Gasteiger charge is -2.23. The largest absolute Gasteiger partial charge is 0.316 e. The molecule has 1 saturated heterocycles. The second kappa shape index (κ2) is 7.10. The van der Waals surface area contributed by atoms with E-state index in [9.17, 15) is 8.78 Å². The van der Waals surface area contributed by atoms with Crippen molar-refractivity contribution in [1.82, 2.24) is 5.32 Å². The molecule has 0 amide bonds. The summed E-state index contributed by atoms with van der Waals surface area (Å²) in [7, 11) is 0. The standard InChI is InChI=1S/C14H19F2NS/c15-14(16)10-18-13-6-2-1-5-12(13)8-11-4-3-7-17-9-11/h1-2,5-6,11,14,17H,3-4,7-10H2. The molecule has 2 rings (SSSR count). The first-order valence-corrected chi connectivity index (χ1v) is 7.44. The van der Waals surface area contributed by atoms with Gasteiger partial charge in [-0.25, -0.2) is 8.78 Å². The fourth-order valence-corrected chi connectivity index (χ4v) is 3.19. The van der Waals surface area contributed by atoms with Gasteiger partial charge < -0.3 is 5.32 Å². The summed E-state index contributed by atoms with van der Waals surface area (Å²) >= 11 is 1.27. The number of rotatable bonds is 5. The fraction of sp³-hybridized carbons (Fsp3) is 0.571. The minimum Gasteiger partial charge on any atom is -0.316 e. The Morgan fingerprint density at radius 2 is 2.17 bits per heavy atom. The number of halogens is 2. The van der Waals surface area contributed by atoms with Crippen LogP contribution in [0.2, 0.25) is 0 Å². The van der Waals surface area contributed by atoms with E-state index in [4.69, 9.17) is 0 Å². The SMILES string of the molecule is FC(F)CSc1ccccc1CC1CCCNC1. The van der Waals surface area contributed by atoms with Crippen LogP contribution in [0.3, 0.4) is 0 Å². The second-order valence-electron chi connectivity index (χ2n) is 4.73. The summed E-state index contributed by atoms with van der Waals surface area (Å²) in [6.45, 7) is 2.16. The maximum atomic E-state index is 12.3. The Bertz CT molecular complexity index is 365. The lowest BCUT2D eigenvalue weighted by molar-refractivity contribution is 0.177. The maximum Gasteiger partial charge on any atom is 0.247 e. The Morgan fingerprint density at radius 3 is 2.89 bits per heavy atom. The normalized spacial score (nSPS) is 20.3. The first-order valence-electron chi connectivity index (χ1n) is 6.45. The number of piperidine rings is 1. The van der Waals surface area contributed by atoms with E-state index >= 15 is 0 Å². The van der Waals surface area contributed by atoms with Gasteiger partial charge in [0.1, 0.15) is 0 Å². The topological polar surface area (TPSA) is 12.0 Å². The molecule has 1 aromatic carbocycles. The van der Waals surface area contributed by atoms with Crippen molar-refractivity contribution in [3.63, 3.8) is 0 Å². The number of thioether (sulfide) groups is 1. The molecule has 4 heteroatoms. The first kappa shape index (κ1) is 13.8. The summed E-state index contributed by atoms with van der Waals surface area (Å²) in [5, 5.41) is 3.40. The molecular weight excluding hydrogens is 252 g/mol. The Hall–Kier alpha value is -0.610. The van der Waals surface area contributed by atoms with Gasteiger partial charge in [-0.2, -0.15) is 0 Å². The molecule has 0 bridgehead atoms. The molecule has 18 heavy (non-hydrogen) atoms. The average molecular weight is 271 g/mol. The van der Waals surface area contributed by atoms with E-state index in [1.807, 2.05) is 18.2 Å². The molecule has 1 fully saturated rings. The van der Waals surface area contributed by atoms with Crippen molar-refractivity contribution >= 4 is 11.8 Å². The molecule has 1 heterocycles. The van der Waals surface area contributed by atoms with E-state index < -0.39 is 6.43 Å². The first-order chi connectivity index (χ1) is 8.75. The van der Waals surface area contributed by atoms with Crippen molar-refractivity contribution in [2.45, 2.75) is 30.6 Å². The summed E-state index contributed by atoms with van der Waals surface area (Å²) in [6.07, 6.45) is 1.22. The van der Waals surface area contributed by atoms with Crippen LogP contribution in [0.1, 0.15) is 18.4 Å². The van der Waals surface area contributed by atoms with Crippen LogP contribution in [0.25, 0.3) is 0 Å². The molecule has 0 aromatic heterocycles. The van der Waals surface area contributed by atoms with Gasteiger partial charge in [0.15, 0.2) is 0 Å². The molecule has 0 radical (unpaired) electrons. The van der Waals surface area contributed by atoms with Crippen molar-refractivity contribution < 1.29 is 8.78 Å². The number of alkyl halides is 2. The van der Waals surface area contributed by atoms with Gasteiger partial charge in [-0.1, -0.05) is 18.2 Å². The van der Waals surface area contributed by atoms with Gasteiger partial charge in [-0.15, -0.1) is 11.8 Å². The lowest BCUT2D eigenvalue weighted by atomic mass is 9.92. The maximum absolute atomic E-state index is 12.3. The van der Waals surface area contributed by atoms with E-state index in [-0.39, 0.29) is 5.75 Å². The van der Waals surface area contributed by atoms with E-state index in [1.165, 1.54) is 30.2 Å². The molecule has 1 N–H and O–H groups in total. The zero-order valence-electron chi connectivity index (χ0n) is 10.4. The molecule has 1 nitrogen and oxygen atoms in total. The highest BCUT2D eigenvalue weighted by atomic mass is 32.2. The predicted octanol–water partition coefficient (Wildman–Crippen LogP) is 3.59. The zero-order valence-corrected chi connectivity index (χ0v) is 11.2. The van der Waals surface area contributed by atoms with E-state index in [0.717, 1.165) is 24.4 Å². The Labute approximate surface area is 111 Å². The number of hydrogen-bond donors (Lipinski definition) is 1. The van der Waals surface area contributed by atoms with Crippen LogP contribution in [0.5, 0.6) is 0 Å². The lowest BCUT2D eigenvalue weighted by Crippen LogP contribution is -2.30. The van der Waals surface area contributed by atoms with Crippen molar-refractivity contribution in [2.75, 3.05) is 18.8 Å². The highest BCUT2D eigenvalue weighted by Gasteiger charge is 2.15. The molecule has 0 aliphatic carbocycles. The third kappa shape index (κ3) is 4.25. The smallest absolute Gasteiger partial charge is 0.247 e. The molecule has 0 spiro atoms. The van der Waals surface area contributed by atoms with Crippen LogP contribution in [-0.4, -0.2) is 25.3 Å². The summed E-state index contributed by atoms with van der Waals surface area (Å²) < 4.78 is 24.6. The van der Waals surface area contributed by atoms with Crippen molar-refractivity contribution in [2.24, 2.45) is 5.92 Å². The minimum absolute atomic E-state index is 0.111. The number of hydrogen-bond acceptors (Lipinski definition) is 2. The summed E-state index contributed by atoms with van der Waals surface area (Å²) in [6, 6.07) is 7.95. The highest BCUT2D eigenvalue weighted by Crippen LogP contribution is 2.27. The monoisotopic (exact) mass is 271 g/mol. The van der Waals surface area contributed by atoms with Crippen LogP contribution in [0, 0.1) is 5.92 Å². The molecule has 1 unspecified atom stereocenters. The summed E-state index contributed by atoms with van der Waals surface area (Å²) in [5.41, 5.74) is 1.22. The van der Waals surface area contributed by atoms with Crippen LogP contribution in [-0.2, 0) is 6.42 Å². The molecular formula is C14H19F2NS. The fourth-order valence-electron chi connectivity index (χ4n) is 2.38.